The van der Waals surface area contributed by atoms with Crippen molar-refractivity contribution in [3.05, 3.63) is 62.2 Å². The molecule has 0 bridgehead atoms. The van der Waals surface area contributed by atoms with Crippen molar-refractivity contribution in [1.29, 1.82) is 0 Å². The van der Waals surface area contributed by atoms with E-state index < -0.39 is 5.91 Å². The van der Waals surface area contributed by atoms with Crippen molar-refractivity contribution in [2.45, 2.75) is 13.3 Å². The molecular formula is C16H14N4O3S. The Labute approximate surface area is 140 Å². The Hall–Kier alpha value is -3.00. The van der Waals surface area contributed by atoms with E-state index in [4.69, 9.17) is 0 Å². The summed E-state index contributed by atoms with van der Waals surface area (Å²) in [6, 6.07) is 8.64. The van der Waals surface area contributed by atoms with Gasteiger partial charge in [0, 0.05) is 5.39 Å². The summed E-state index contributed by atoms with van der Waals surface area (Å²) < 4.78 is 0. The van der Waals surface area contributed by atoms with E-state index in [1.165, 1.54) is 11.3 Å². The number of nitrogens with zero attached hydrogens (tertiary/aromatic N) is 1. The van der Waals surface area contributed by atoms with Crippen LogP contribution in [0, 0.1) is 6.92 Å². The Bertz CT molecular complexity index is 977. The number of nitrogens with one attached hydrogen (secondary N) is 3. The van der Waals surface area contributed by atoms with Gasteiger partial charge in [-0.2, -0.15) is 5.10 Å². The van der Waals surface area contributed by atoms with Gasteiger partial charge in [0.15, 0.2) is 0 Å². The number of aromatic amines is 1. The Morgan fingerprint density at radius 2 is 1.96 bits per heavy atom. The first-order valence-corrected chi connectivity index (χ1v) is 8.03. The monoisotopic (exact) mass is 342 g/mol. The van der Waals surface area contributed by atoms with E-state index in [1.54, 1.807) is 30.3 Å². The molecule has 0 unspecified atom stereocenters. The lowest BCUT2D eigenvalue weighted by Gasteiger charge is -2.07. The molecule has 0 aliphatic heterocycles. The van der Waals surface area contributed by atoms with Gasteiger partial charge in [-0.05, 0) is 30.0 Å². The number of H-pyrrole nitrogens is 1. The quantitative estimate of drug-likeness (QED) is 0.624. The van der Waals surface area contributed by atoms with Crippen LogP contribution in [0.2, 0.25) is 0 Å². The van der Waals surface area contributed by atoms with Crippen LogP contribution < -0.4 is 16.4 Å². The number of thiophene rings is 1. The first-order chi connectivity index (χ1) is 11.5. The van der Waals surface area contributed by atoms with E-state index in [0.717, 1.165) is 5.56 Å². The van der Waals surface area contributed by atoms with Gasteiger partial charge in [0.2, 0.25) is 5.91 Å². The molecule has 2 amide bonds. The van der Waals surface area contributed by atoms with Gasteiger partial charge in [-0.3, -0.25) is 25.2 Å². The van der Waals surface area contributed by atoms with Crippen molar-refractivity contribution < 1.29 is 9.59 Å². The number of carbonyl (C=O) groups excluding carboxylic acids is 2. The molecule has 3 rings (SSSR count). The molecule has 2 heterocycles. The van der Waals surface area contributed by atoms with E-state index in [0.29, 0.717) is 21.3 Å². The highest BCUT2D eigenvalue weighted by molar-refractivity contribution is 7.12. The normalized spacial score (nSPS) is 10.5. The van der Waals surface area contributed by atoms with E-state index in [2.05, 4.69) is 21.0 Å². The molecule has 2 aromatic heterocycles. The summed E-state index contributed by atoms with van der Waals surface area (Å²) in [5.41, 5.74) is 5.83. The minimum absolute atomic E-state index is 0.0684. The van der Waals surface area contributed by atoms with Crippen LogP contribution >= 0.6 is 11.3 Å². The maximum absolute atomic E-state index is 12.0. The van der Waals surface area contributed by atoms with Gasteiger partial charge in [0.1, 0.15) is 0 Å². The van der Waals surface area contributed by atoms with Crippen LogP contribution in [-0.4, -0.2) is 22.0 Å². The first kappa shape index (κ1) is 15.9. The van der Waals surface area contributed by atoms with Gasteiger partial charge in [-0.15, -0.1) is 11.3 Å². The van der Waals surface area contributed by atoms with Gasteiger partial charge in [0.05, 0.1) is 22.4 Å². The van der Waals surface area contributed by atoms with E-state index in [9.17, 15) is 14.4 Å². The summed E-state index contributed by atoms with van der Waals surface area (Å²) in [5.74, 6) is -0.804. The third kappa shape index (κ3) is 3.33. The van der Waals surface area contributed by atoms with Gasteiger partial charge >= 0.3 is 0 Å². The Morgan fingerprint density at radius 1 is 1.21 bits per heavy atom. The lowest BCUT2D eigenvalue weighted by Crippen LogP contribution is -2.42. The molecule has 8 heteroatoms. The number of carbonyl (C=O) groups is 2. The average Bonchev–Trinajstić information content (AvgIpc) is 3.02. The molecule has 0 aliphatic carbocycles. The van der Waals surface area contributed by atoms with E-state index in [-0.39, 0.29) is 17.9 Å². The van der Waals surface area contributed by atoms with Gasteiger partial charge in [-0.25, -0.2) is 5.10 Å². The van der Waals surface area contributed by atoms with Crippen molar-refractivity contribution >= 4 is 33.9 Å². The van der Waals surface area contributed by atoms with Crippen LogP contribution in [0.4, 0.5) is 0 Å². The zero-order chi connectivity index (χ0) is 17.1. The third-order valence-corrected chi connectivity index (χ3v) is 4.42. The van der Waals surface area contributed by atoms with Crippen LogP contribution in [-0.2, 0) is 11.2 Å². The standard InChI is InChI=1S/C16H14N4O3S/c1-9-6-13(24-8-9)16(23)20-18-14(21)7-12-10-4-2-3-5-11(10)15(22)19-17-12/h2-6,8H,7H2,1H3,(H,18,21)(H,19,22)(H,20,23). The van der Waals surface area contributed by atoms with E-state index in [1.807, 2.05) is 12.3 Å². The number of hydrogen-bond donors (Lipinski definition) is 3. The minimum atomic E-state index is -0.429. The van der Waals surface area contributed by atoms with Crippen molar-refractivity contribution in [3.63, 3.8) is 0 Å². The molecule has 24 heavy (non-hydrogen) atoms. The third-order valence-electron chi connectivity index (χ3n) is 3.37. The van der Waals surface area contributed by atoms with Crippen molar-refractivity contribution in [1.82, 2.24) is 21.0 Å². The Balaban J connectivity index is 1.68. The maximum Gasteiger partial charge on any atom is 0.279 e. The van der Waals surface area contributed by atoms with Crippen molar-refractivity contribution in [2.24, 2.45) is 0 Å². The SMILES string of the molecule is Cc1csc(C(=O)NNC(=O)Cc2n[nH]c(=O)c3ccccc23)c1. The predicted octanol–water partition coefficient (Wildman–Crippen LogP) is 1.30. The molecule has 0 atom stereocenters. The smallest absolute Gasteiger partial charge is 0.273 e. The molecule has 0 radical (unpaired) electrons. The fourth-order valence-electron chi connectivity index (χ4n) is 2.24. The molecular weight excluding hydrogens is 328 g/mol. The number of amides is 2. The number of fused-ring (bicyclic) bond motifs is 1. The second-order valence-corrected chi connectivity index (χ2v) is 6.12. The molecule has 1 aromatic carbocycles. The second-order valence-electron chi connectivity index (χ2n) is 5.21. The van der Waals surface area contributed by atoms with Gasteiger partial charge in [-0.1, -0.05) is 18.2 Å². The van der Waals surface area contributed by atoms with Crippen LogP contribution in [0.3, 0.4) is 0 Å². The van der Waals surface area contributed by atoms with Crippen LogP contribution in [0.15, 0.2) is 40.5 Å². The topological polar surface area (TPSA) is 104 Å². The van der Waals surface area contributed by atoms with Crippen LogP contribution in [0.25, 0.3) is 10.8 Å². The average molecular weight is 342 g/mol. The van der Waals surface area contributed by atoms with Crippen LogP contribution in [0.5, 0.6) is 0 Å². The molecule has 3 aromatic rings. The van der Waals surface area contributed by atoms with Gasteiger partial charge in [0.25, 0.3) is 11.5 Å². The summed E-state index contributed by atoms with van der Waals surface area (Å²) in [4.78, 5) is 36.2. The molecule has 122 valence electrons. The number of aromatic nitrogens is 2. The van der Waals surface area contributed by atoms with E-state index >= 15 is 0 Å². The number of rotatable bonds is 3. The number of aryl methyl sites for hydroxylation is 1. The molecule has 3 N–H and O–H groups in total. The lowest BCUT2D eigenvalue weighted by atomic mass is 10.1. The second kappa shape index (κ2) is 6.63. The fraction of sp³-hybridized carbons (Fsp3) is 0.125. The Morgan fingerprint density at radius 3 is 2.67 bits per heavy atom. The molecule has 7 nitrogen and oxygen atoms in total. The zero-order valence-corrected chi connectivity index (χ0v) is 13.6. The molecule has 0 fully saturated rings. The predicted molar refractivity (Wildman–Crippen MR) is 90.7 cm³/mol. The maximum atomic E-state index is 12.0. The number of hydrazine groups is 1. The highest BCUT2D eigenvalue weighted by atomic mass is 32.1. The number of hydrogen-bond acceptors (Lipinski definition) is 5. The Kier molecular flexibility index (Phi) is 4.39. The summed E-state index contributed by atoms with van der Waals surface area (Å²) in [7, 11) is 0. The molecule has 0 saturated heterocycles. The minimum Gasteiger partial charge on any atom is -0.273 e. The largest absolute Gasteiger partial charge is 0.279 e. The molecule has 0 saturated carbocycles. The molecule has 0 aliphatic rings. The summed E-state index contributed by atoms with van der Waals surface area (Å²) in [5, 5.41) is 9.22. The first-order valence-electron chi connectivity index (χ1n) is 7.15. The van der Waals surface area contributed by atoms with Crippen molar-refractivity contribution in [3.8, 4) is 0 Å². The highest BCUT2D eigenvalue weighted by Gasteiger charge is 2.12. The lowest BCUT2D eigenvalue weighted by molar-refractivity contribution is -0.121. The fourth-order valence-corrected chi connectivity index (χ4v) is 3.03. The van der Waals surface area contributed by atoms with Crippen molar-refractivity contribution in [2.75, 3.05) is 0 Å². The highest BCUT2D eigenvalue weighted by Crippen LogP contribution is 2.13. The number of benzene rings is 1. The van der Waals surface area contributed by atoms with Gasteiger partial charge < -0.3 is 0 Å². The zero-order valence-electron chi connectivity index (χ0n) is 12.8. The summed E-state index contributed by atoms with van der Waals surface area (Å²) in [6.07, 6.45) is -0.0684. The summed E-state index contributed by atoms with van der Waals surface area (Å²) in [6.45, 7) is 1.89. The molecule has 0 spiro atoms. The summed E-state index contributed by atoms with van der Waals surface area (Å²) >= 11 is 1.30. The van der Waals surface area contributed by atoms with Crippen LogP contribution in [0.1, 0.15) is 20.9 Å².